The van der Waals surface area contributed by atoms with Crippen molar-refractivity contribution in [1.29, 1.82) is 0 Å². The fraction of sp³-hybridized carbons (Fsp3) is 0.667. The summed E-state index contributed by atoms with van der Waals surface area (Å²) in [6, 6.07) is 6.40. The SMILES string of the molecule is Cc1ccc(C(O)[C@H]2[C@@H](C)CCCC2(C)C)cc1C. The third-order valence-electron chi connectivity index (χ3n) is 5.21. The van der Waals surface area contributed by atoms with Crippen LogP contribution >= 0.6 is 0 Å². The zero-order valence-electron chi connectivity index (χ0n) is 13.0. The maximum atomic E-state index is 10.9. The Morgan fingerprint density at radius 1 is 1.21 bits per heavy atom. The Morgan fingerprint density at radius 2 is 1.89 bits per heavy atom. The normalized spacial score (nSPS) is 28.1. The lowest BCUT2D eigenvalue weighted by molar-refractivity contribution is -0.0293. The molecule has 1 aromatic rings. The number of hydrogen-bond acceptors (Lipinski definition) is 1. The second kappa shape index (κ2) is 5.28. The summed E-state index contributed by atoms with van der Waals surface area (Å²) in [7, 11) is 0. The smallest absolute Gasteiger partial charge is 0.0825 e. The van der Waals surface area contributed by atoms with Crippen molar-refractivity contribution in [3.8, 4) is 0 Å². The Hall–Kier alpha value is -0.820. The van der Waals surface area contributed by atoms with Gasteiger partial charge >= 0.3 is 0 Å². The first-order valence-electron chi connectivity index (χ1n) is 7.58. The lowest BCUT2D eigenvalue weighted by Crippen LogP contribution is -2.37. The van der Waals surface area contributed by atoms with E-state index in [1.54, 1.807) is 0 Å². The third kappa shape index (κ3) is 2.86. The summed E-state index contributed by atoms with van der Waals surface area (Å²) >= 11 is 0. The monoisotopic (exact) mass is 260 g/mol. The molecular formula is C18H28O. The van der Waals surface area contributed by atoms with Crippen molar-refractivity contribution in [2.45, 2.75) is 60.0 Å². The number of aryl methyl sites for hydroxylation is 2. The zero-order chi connectivity index (χ0) is 14.2. The summed E-state index contributed by atoms with van der Waals surface area (Å²) < 4.78 is 0. The van der Waals surface area contributed by atoms with E-state index in [2.05, 4.69) is 52.8 Å². The molecule has 1 aliphatic carbocycles. The first-order chi connectivity index (χ1) is 8.83. The van der Waals surface area contributed by atoms with Crippen LogP contribution in [0.3, 0.4) is 0 Å². The third-order valence-corrected chi connectivity index (χ3v) is 5.21. The molecule has 19 heavy (non-hydrogen) atoms. The number of aliphatic hydroxyl groups excluding tert-OH is 1. The van der Waals surface area contributed by atoms with Gasteiger partial charge in [0.15, 0.2) is 0 Å². The van der Waals surface area contributed by atoms with Crippen LogP contribution in [0.4, 0.5) is 0 Å². The van der Waals surface area contributed by atoms with Crippen molar-refractivity contribution < 1.29 is 5.11 Å². The van der Waals surface area contributed by atoms with Crippen LogP contribution in [-0.2, 0) is 0 Å². The number of rotatable bonds is 2. The van der Waals surface area contributed by atoms with Crippen molar-refractivity contribution >= 4 is 0 Å². The molecule has 1 aliphatic rings. The van der Waals surface area contributed by atoms with Crippen molar-refractivity contribution in [1.82, 2.24) is 0 Å². The molecule has 0 saturated heterocycles. The highest BCUT2D eigenvalue weighted by Gasteiger charge is 2.41. The predicted octanol–water partition coefficient (Wildman–Crippen LogP) is 4.80. The van der Waals surface area contributed by atoms with E-state index in [1.807, 2.05) is 0 Å². The molecule has 0 radical (unpaired) electrons. The summed E-state index contributed by atoms with van der Waals surface area (Å²) in [5.74, 6) is 0.962. The van der Waals surface area contributed by atoms with Crippen LogP contribution in [0, 0.1) is 31.1 Å². The van der Waals surface area contributed by atoms with Gasteiger partial charge in [0.1, 0.15) is 0 Å². The Kier molecular flexibility index (Phi) is 4.06. The first kappa shape index (κ1) is 14.6. The molecule has 2 rings (SSSR count). The fourth-order valence-corrected chi connectivity index (χ4v) is 3.89. The van der Waals surface area contributed by atoms with E-state index in [9.17, 15) is 5.11 Å². The summed E-state index contributed by atoms with van der Waals surface area (Å²) in [5.41, 5.74) is 3.90. The minimum atomic E-state index is -0.329. The fourth-order valence-electron chi connectivity index (χ4n) is 3.89. The Balaban J connectivity index is 2.30. The first-order valence-corrected chi connectivity index (χ1v) is 7.58. The molecule has 106 valence electrons. The van der Waals surface area contributed by atoms with Gasteiger partial charge in [0.05, 0.1) is 6.10 Å². The van der Waals surface area contributed by atoms with Gasteiger partial charge in [-0.2, -0.15) is 0 Å². The van der Waals surface area contributed by atoms with Crippen LogP contribution in [0.15, 0.2) is 18.2 Å². The van der Waals surface area contributed by atoms with E-state index < -0.39 is 0 Å². The molecule has 1 heteroatoms. The highest BCUT2D eigenvalue weighted by atomic mass is 16.3. The van der Waals surface area contributed by atoms with Gasteiger partial charge in [-0.15, -0.1) is 0 Å². The van der Waals surface area contributed by atoms with E-state index in [0.29, 0.717) is 11.8 Å². The van der Waals surface area contributed by atoms with Crippen molar-refractivity contribution in [2.75, 3.05) is 0 Å². The highest BCUT2D eigenvalue weighted by molar-refractivity contribution is 5.31. The molecule has 0 aliphatic heterocycles. The van der Waals surface area contributed by atoms with Gasteiger partial charge in [-0.1, -0.05) is 51.8 Å². The molecule has 3 atom stereocenters. The summed E-state index contributed by atoms with van der Waals surface area (Å²) in [6.45, 7) is 11.2. The summed E-state index contributed by atoms with van der Waals surface area (Å²) in [6.07, 6.45) is 3.44. The molecule has 0 amide bonds. The van der Waals surface area contributed by atoms with Gasteiger partial charge in [-0.05, 0) is 54.2 Å². The van der Waals surface area contributed by atoms with Gasteiger partial charge in [0.25, 0.3) is 0 Å². The van der Waals surface area contributed by atoms with E-state index in [4.69, 9.17) is 0 Å². The zero-order valence-corrected chi connectivity index (χ0v) is 13.0. The number of hydrogen-bond donors (Lipinski definition) is 1. The number of benzene rings is 1. The quantitative estimate of drug-likeness (QED) is 0.810. The molecule has 1 N–H and O–H groups in total. The number of aliphatic hydroxyl groups is 1. The predicted molar refractivity (Wildman–Crippen MR) is 81.2 cm³/mol. The Labute approximate surface area is 118 Å². The molecule has 1 unspecified atom stereocenters. The maximum Gasteiger partial charge on any atom is 0.0825 e. The largest absolute Gasteiger partial charge is 0.388 e. The van der Waals surface area contributed by atoms with Crippen LogP contribution in [0.25, 0.3) is 0 Å². The van der Waals surface area contributed by atoms with Crippen LogP contribution < -0.4 is 0 Å². The van der Waals surface area contributed by atoms with Gasteiger partial charge in [0, 0.05) is 0 Å². The molecule has 0 spiro atoms. The molecule has 1 saturated carbocycles. The van der Waals surface area contributed by atoms with Crippen molar-refractivity contribution in [2.24, 2.45) is 17.3 Å². The second-order valence-electron chi connectivity index (χ2n) is 7.17. The Bertz CT molecular complexity index is 447. The van der Waals surface area contributed by atoms with E-state index in [1.165, 1.54) is 30.4 Å². The standard InChI is InChI=1S/C18H28O/c1-12-8-9-15(11-14(12)3)17(19)16-13(2)7-6-10-18(16,4)5/h8-9,11,13,16-17,19H,6-7,10H2,1-5H3/t13-,16+,17?/m0/s1. The van der Waals surface area contributed by atoms with Crippen molar-refractivity contribution in [3.05, 3.63) is 34.9 Å². The highest BCUT2D eigenvalue weighted by Crippen LogP contribution is 2.49. The second-order valence-corrected chi connectivity index (χ2v) is 7.17. The average Bonchev–Trinajstić information content (AvgIpc) is 2.31. The van der Waals surface area contributed by atoms with Gasteiger partial charge in [-0.3, -0.25) is 0 Å². The van der Waals surface area contributed by atoms with Crippen LogP contribution in [0.2, 0.25) is 0 Å². The van der Waals surface area contributed by atoms with Crippen LogP contribution in [-0.4, -0.2) is 5.11 Å². The molecule has 0 aromatic heterocycles. The summed E-state index contributed by atoms with van der Waals surface area (Å²) in [5, 5.41) is 10.9. The van der Waals surface area contributed by atoms with Crippen LogP contribution in [0.5, 0.6) is 0 Å². The molecule has 0 heterocycles. The van der Waals surface area contributed by atoms with E-state index in [-0.39, 0.29) is 11.5 Å². The van der Waals surface area contributed by atoms with Gasteiger partial charge < -0.3 is 5.11 Å². The molecule has 1 fully saturated rings. The molecule has 0 bridgehead atoms. The van der Waals surface area contributed by atoms with Crippen LogP contribution in [0.1, 0.15) is 62.8 Å². The van der Waals surface area contributed by atoms with Gasteiger partial charge in [-0.25, -0.2) is 0 Å². The maximum absolute atomic E-state index is 10.9. The van der Waals surface area contributed by atoms with E-state index in [0.717, 1.165) is 5.56 Å². The molecular weight excluding hydrogens is 232 g/mol. The average molecular weight is 260 g/mol. The topological polar surface area (TPSA) is 20.2 Å². The van der Waals surface area contributed by atoms with Crippen molar-refractivity contribution in [3.63, 3.8) is 0 Å². The van der Waals surface area contributed by atoms with E-state index >= 15 is 0 Å². The Morgan fingerprint density at radius 3 is 2.47 bits per heavy atom. The molecule has 1 aromatic carbocycles. The minimum absolute atomic E-state index is 0.232. The van der Waals surface area contributed by atoms with Gasteiger partial charge in [0.2, 0.25) is 0 Å². The lowest BCUT2D eigenvalue weighted by atomic mass is 9.61. The summed E-state index contributed by atoms with van der Waals surface area (Å²) in [4.78, 5) is 0. The lowest BCUT2D eigenvalue weighted by Gasteiger charge is -2.45. The minimum Gasteiger partial charge on any atom is -0.388 e. The molecule has 1 nitrogen and oxygen atoms in total.